The summed E-state index contributed by atoms with van der Waals surface area (Å²) in [6, 6.07) is 5.11. The van der Waals surface area contributed by atoms with Crippen molar-refractivity contribution in [3.8, 4) is 0 Å². The summed E-state index contributed by atoms with van der Waals surface area (Å²) in [5, 5.41) is 2.81. The lowest BCUT2D eigenvalue weighted by atomic mass is 10.2. The normalized spacial score (nSPS) is 14.2. The Bertz CT molecular complexity index is 1030. The Morgan fingerprint density at radius 2 is 2.19 bits per heavy atom. The summed E-state index contributed by atoms with van der Waals surface area (Å²) in [7, 11) is 3.88. The molecule has 1 amide bonds. The second-order valence-corrected chi connectivity index (χ2v) is 7.23. The van der Waals surface area contributed by atoms with Gasteiger partial charge in [-0.3, -0.25) is 9.36 Å². The number of aromatic nitrogens is 2. The number of anilines is 1. The van der Waals surface area contributed by atoms with Gasteiger partial charge in [0.1, 0.15) is 6.26 Å². The standard InChI is InChI=1S/C19H22N4O4/c1-22(2)7-8-23-15-10-13(5-6-16(15)27-19(23)25)20-18(24)14-11-26-17(21-14)9-12-3-4-12/h5-6,10-12H,3-4,7-9H2,1-2H3,(H,20,24). The summed E-state index contributed by atoms with van der Waals surface area (Å²) in [6.45, 7) is 1.21. The predicted octanol–water partition coefficient (Wildman–Crippen LogP) is 2.35. The molecule has 8 heteroatoms. The van der Waals surface area contributed by atoms with Gasteiger partial charge in [-0.2, -0.15) is 0 Å². The average molecular weight is 370 g/mol. The third-order valence-electron chi connectivity index (χ3n) is 4.64. The number of amides is 1. The number of rotatable bonds is 7. The van der Waals surface area contributed by atoms with E-state index in [-0.39, 0.29) is 11.6 Å². The number of fused-ring (bicyclic) bond motifs is 1. The van der Waals surface area contributed by atoms with Crippen molar-refractivity contribution in [1.29, 1.82) is 0 Å². The minimum absolute atomic E-state index is 0.253. The van der Waals surface area contributed by atoms with Crippen LogP contribution in [0.25, 0.3) is 11.1 Å². The molecule has 1 N–H and O–H groups in total. The number of hydrogen-bond acceptors (Lipinski definition) is 6. The maximum absolute atomic E-state index is 12.4. The van der Waals surface area contributed by atoms with E-state index in [1.165, 1.54) is 19.1 Å². The molecule has 0 aliphatic heterocycles. The molecule has 142 valence electrons. The molecule has 0 unspecified atom stereocenters. The smallest absolute Gasteiger partial charge is 0.419 e. The average Bonchev–Trinajstić information content (AvgIpc) is 3.20. The Labute approximate surface area is 155 Å². The van der Waals surface area contributed by atoms with Crippen LogP contribution in [0.2, 0.25) is 0 Å². The van der Waals surface area contributed by atoms with Crippen LogP contribution in [-0.2, 0) is 13.0 Å². The highest BCUT2D eigenvalue weighted by molar-refractivity contribution is 6.03. The van der Waals surface area contributed by atoms with Crippen molar-refractivity contribution in [2.24, 2.45) is 5.92 Å². The quantitative estimate of drug-likeness (QED) is 0.686. The number of carbonyl (C=O) groups is 1. The largest absolute Gasteiger partial charge is 0.448 e. The SMILES string of the molecule is CN(C)CCn1c(=O)oc2ccc(NC(=O)c3coc(CC4CC4)n3)cc21. The molecule has 1 aromatic carbocycles. The van der Waals surface area contributed by atoms with Crippen molar-refractivity contribution < 1.29 is 13.6 Å². The Kier molecular flexibility index (Phi) is 4.57. The first-order valence-corrected chi connectivity index (χ1v) is 9.03. The van der Waals surface area contributed by atoms with Crippen molar-refractivity contribution in [2.45, 2.75) is 25.8 Å². The topological polar surface area (TPSA) is 93.5 Å². The van der Waals surface area contributed by atoms with Crippen LogP contribution in [0.15, 0.2) is 38.1 Å². The summed E-state index contributed by atoms with van der Waals surface area (Å²) >= 11 is 0. The van der Waals surface area contributed by atoms with Gasteiger partial charge in [-0.05, 0) is 51.1 Å². The predicted molar refractivity (Wildman–Crippen MR) is 99.9 cm³/mol. The number of nitrogens with zero attached hydrogens (tertiary/aromatic N) is 3. The summed E-state index contributed by atoms with van der Waals surface area (Å²) in [5.41, 5.74) is 1.96. The maximum Gasteiger partial charge on any atom is 0.419 e. The molecule has 3 aromatic rings. The Balaban J connectivity index is 1.52. The monoisotopic (exact) mass is 370 g/mol. The van der Waals surface area contributed by atoms with Gasteiger partial charge in [-0.25, -0.2) is 9.78 Å². The van der Waals surface area contributed by atoms with E-state index in [1.807, 2.05) is 19.0 Å². The van der Waals surface area contributed by atoms with E-state index in [9.17, 15) is 9.59 Å². The highest BCUT2D eigenvalue weighted by Gasteiger charge is 2.24. The first-order chi connectivity index (χ1) is 13.0. The van der Waals surface area contributed by atoms with Crippen LogP contribution < -0.4 is 11.1 Å². The second kappa shape index (κ2) is 7.03. The molecular formula is C19H22N4O4. The second-order valence-electron chi connectivity index (χ2n) is 7.23. The van der Waals surface area contributed by atoms with Gasteiger partial charge in [0.15, 0.2) is 17.2 Å². The van der Waals surface area contributed by atoms with Gasteiger partial charge >= 0.3 is 5.76 Å². The van der Waals surface area contributed by atoms with Gasteiger partial charge in [-0.15, -0.1) is 0 Å². The molecular weight excluding hydrogens is 348 g/mol. The van der Waals surface area contributed by atoms with E-state index in [1.54, 1.807) is 22.8 Å². The molecule has 8 nitrogen and oxygen atoms in total. The zero-order valence-electron chi connectivity index (χ0n) is 15.4. The van der Waals surface area contributed by atoms with E-state index in [4.69, 9.17) is 8.83 Å². The van der Waals surface area contributed by atoms with Crippen molar-refractivity contribution in [1.82, 2.24) is 14.5 Å². The molecule has 2 aromatic heterocycles. The summed E-state index contributed by atoms with van der Waals surface area (Å²) < 4.78 is 12.2. The van der Waals surface area contributed by atoms with Gasteiger partial charge in [0.05, 0.1) is 5.52 Å². The lowest BCUT2D eigenvalue weighted by molar-refractivity contribution is 0.102. The fraction of sp³-hybridized carbons (Fsp3) is 0.421. The Hall–Kier alpha value is -2.87. The molecule has 1 fully saturated rings. The lowest BCUT2D eigenvalue weighted by Crippen LogP contribution is -2.23. The molecule has 0 bridgehead atoms. The number of carbonyl (C=O) groups excluding carboxylic acids is 1. The van der Waals surface area contributed by atoms with Crippen LogP contribution in [0.3, 0.4) is 0 Å². The minimum atomic E-state index is -0.406. The fourth-order valence-corrected chi connectivity index (χ4v) is 2.92. The molecule has 1 saturated carbocycles. The van der Waals surface area contributed by atoms with Crippen molar-refractivity contribution in [3.05, 3.63) is 46.6 Å². The molecule has 0 atom stereocenters. The van der Waals surface area contributed by atoms with Crippen molar-refractivity contribution in [2.75, 3.05) is 26.0 Å². The van der Waals surface area contributed by atoms with Crippen LogP contribution in [0.1, 0.15) is 29.2 Å². The highest BCUT2D eigenvalue weighted by Crippen LogP contribution is 2.32. The van der Waals surface area contributed by atoms with E-state index >= 15 is 0 Å². The van der Waals surface area contributed by atoms with E-state index in [0.717, 1.165) is 6.42 Å². The Morgan fingerprint density at radius 1 is 1.37 bits per heavy atom. The molecule has 0 saturated heterocycles. The number of hydrogen-bond donors (Lipinski definition) is 1. The van der Waals surface area contributed by atoms with Crippen molar-refractivity contribution >= 4 is 22.7 Å². The van der Waals surface area contributed by atoms with Gasteiger partial charge in [0.2, 0.25) is 0 Å². The molecule has 4 rings (SSSR count). The van der Waals surface area contributed by atoms with E-state index in [0.29, 0.717) is 41.7 Å². The zero-order valence-corrected chi connectivity index (χ0v) is 15.4. The van der Waals surface area contributed by atoms with Crippen LogP contribution >= 0.6 is 0 Å². The van der Waals surface area contributed by atoms with E-state index < -0.39 is 5.76 Å². The summed E-state index contributed by atoms with van der Waals surface area (Å²) in [6.07, 6.45) is 4.57. The maximum atomic E-state index is 12.4. The first-order valence-electron chi connectivity index (χ1n) is 9.03. The molecule has 0 radical (unpaired) electrons. The van der Waals surface area contributed by atoms with Crippen LogP contribution in [0.5, 0.6) is 0 Å². The molecule has 1 aliphatic rings. The number of benzene rings is 1. The number of nitrogens with one attached hydrogen (secondary N) is 1. The van der Waals surface area contributed by atoms with Crippen LogP contribution in [0, 0.1) is 5.92 Å². The lowest BCUT2D eigenvalue weighted by Gasteiger charge is -2.09. The molecule has 1 aliphatic carbocycles. The van der Waals surface area contributed by atoms with Gasteiger partial charge in [-0.1, -0.05) is 0 Å². The Morgan fingerprint density at radius 3 is 2.93 bits per heavy atom. The summed E-state index contributed by atoms with van der Waals surface area (Å²) in [4.78, 5) is 30.8. The highest BCUT2D eigenvalue weighted by atomic mass is 16.4. The van der Waals surface area contributed by atoms with Crippen LogP contribution in [-0.4, -0.2) is 41.0 Å². The van der Waals surface area contributed by atoms with Crippen LogP contribution in [0.4, 0.5) is 5.69 Å². The number of likely N-dealkylation sites (N-methyl/N-ethyl adjacent to an activating group) is 1. The van der Waals surface area contributed by atoms with Gasteiger partial charge in [0, 0.05) is 25.2 Å². The summed E-state index contributed by atoms with van der Waals surface area (Å²) in [5.74, 6) is 0.495. The molecule has 0 spiro atoms. The molecule has 27 heavy (non-hydrogen) atoms. The third-order valence-corrected chi connectivity index (χ3v) is 4.64. The third kappa shape index (κ3) is 3.95. The van der Waals surface area contributed by atoms with Gasteiger partial charge in [0.25, 0.3) is 5.91 Å². The first kappa shape index (κ1) is 17.5. The number of oxazole rings is 2. The molecule has 2 heterocycles. The van der Waals surface area contributed by atoms with E-state index in [2.05, 4.69) is 10.3 Å². The van der Waals surface area contributed by atoms with Gasteiger partial charge < -0.3 is 19.1 Å². The fourth-order valence-electron chi connectivity index (χ4n) is 2.92. The van der Waals surface area contributed by atoms with Crippen molar-refractivity contribution in [3.63, 3.8) is 0 Å². The minimum Gasteiger partial charge on any atom is -0.448 e. The zero-order chi connectivity index (χ0) is 19.0.